The van der Waals surface area contributed by atoms with Crippen molar-refractivity contribution < 1.29 is 33.8 Å². The van der Waals surface area contributed by atoms with Crippen LogP contribution >= 0.6 is 0 Å². The number of aliphatic hydroxyl groups excluding tert-OH is 1. The van der Waals surface area contributed by atoms with Crippen LogP contribution in [0, 0.1) is 29.1 Å². The number of hydrogen-bond donors (Lipinski definition) is 5. The Labute approximate surface area is 271 Å². The lowest BCUT2D eigenvalue weighted by Gasteiger charge is -2.41. The molecule has 3 rings (SSSR count). The van der Waals surface area contributed by atoms with Crippen molar-refractivity contribution in [3.63, 3.8) is 0 Å². The molecule has 1 saturated carbocycles. The Morgan fingerprint density at radius 1 is 1.07 bits per heavy atom. The van der Waals surface area contributed by atoms with Crippen LogP contribution < -0.4 is 26.4 Å². The van der Waals surface area contributed by atoms with Gasteiger partial charge in [0.15, 0.2) is 0 Å². The third kappa shape index (κ3) is 9.47. The van der Waals surface area contributed by atoms with Crippen molar-refractivity contribution in [3.8, 4) is 5.88 Å². The van der Waals surface area contributed by atoms with Gasteiger partial charge in [0.25, 0.3) is 5.91 Å². The highest BCUT2D eigenvalue weighted by molar-refractivity contribution is 6.37. The van der Waals surface area contributed by atoms with E-state index in [1.54, 1.807) is 36.9 Å². The number of ether oxygens (including phenoxy) is 1. The van der Waals surface area contributed by atoms with E-state index in [4.69, 9.17) is 10.5 Å². The maximum Gasteiger partial charge on any atom is 0.315 e. The van der Waals surface area contributed by atoms with Crippen LogP contribution in [0.1, 0.15) is 84.6 Å². The van der Waals surface area contributed by atoms with Crippen LogP contribution in [0.5, 0.6) is 5.88 Å². The predicted octanol–water partition coefficient (Wildman–Crippen LogP) is 2.02. The summed E-state index contributed by atoms with van der Waals surface area (Å²) < 4.78 is 5.14. The summed E-state index contributed by atoms with van der Waals surface area (Å²) in [6.07, 6.45) is 1.29. The maximum atomic E-state index is 13.7. The van der Waals surface area contributed by atoms with E-state index in [0.29, 0.717) is 19.4 Å². The molecule has 46 heavy (non-hydrogen) atoms. The molecule has 1 saturated heterocycles. The molecule has 0 aromatic carbocycles. The van der Waals surface area contributed by atoms with E-state index < -0.39 is 59.4 Å². The molecule has 4 amide bonds. The number of hydrogen-bond acceptors (Lipinski definition) is 9. The molecule has 2 aliphatic rings. The lowest BCUT2D eigenvalue weighted by molar-refractivity contribution is -0.140. The van der Waals surface area contributed by atoms with E-state index in [1.807, 2.05) is 34.6 Å². The zero-order chi connectivity index (χ0) is 34.5. The summed E-state index contributed by atoms with van der Waals surface area (Å²) in [7, 11) is 1.45. The number of ketones is 2. The number of nitrogens with two attached hydrogens (primary N) is 1. The van der Waals surface area contributed by atoms with Crippen molar-refractivity contribution in [2.24, 2.45) is 34.8 Å². The van der Waals surface area contributed by atoms with Crippen LogP contribution in [0.4, 0.5) is 4.79 Å². The highest BCUT2D eigenvalue weighted by Gasteiger charge is 2.47. The van der Waals surface area contributed by atoms with E-state index in [0.717, 1.165) is 12.8 Å². The third-order valence-corrected chi connectivity index (χ3v) is 9.04. The van der Waals surface area contributed by atoms with Crippen molar-refractivity contribution >= 4 is 29.4 Å². The maximum absolute atomic E-state index is 13.7. The summed E-state index contributed by atoms with van der Waals surface area (Å²) in [5, 5.41) is 20.3. The summed E-state index contributed by atoms with van der Waals surface area (Å²) in [6, 6.07) is 0.525. The van der Waals surface area contributed by atoms with E-state index in [2.05, 4.69) is 20.9 Å². The zero-order valence-electron chi connectivity index (χ0n) is 28.3. The number of methoxy groups -OCH3 is 1. The van der Waals surface area contributed by atoms with Gasteiger partial charge in [-0.3, -0.25) is 24.1 Å². The number of rotatable bonds is 15. The predicted molar refractivity (Wildman–Crippen MR) is 172 cm³/mol. The highest BCUT2D eigenvalue weighted by Crippen LogP contribution is 2.36. The average molecular weight is 645 g/mol. The quantitative estimate of drug-likeness (QED) is 0.140. The minimum Gasteiger partial charge on any atom is -0.481 e. The van der Waals surface area contributed by atoms with Gasteiger partial charge < -0.3 is 31.5 Å². The van der Waals surface area contributed by atoms with Crippen LogP contribution in [0.25, 0.3) is 0 Å². The first-order valence-corrected chi connectivity index (χ1v) is 16.1. The van der Waals surface area contributed by atoms with Gasteiger partial charge in [-0.2, -0.15) is 0 Å². The van der Waals surface area contributed by atoms with Gasteiger partial charge in [0.05, 0.1) is 31.3 Å². The normalized spacial score (nSPS) is 21.3. The molecule has 2 fully saturated rings. The molecule has 13 heteroatoms. The lowest BCUT2D eigenvalue weighted by atomic mass is 9.85. The monoisotopic (exact) mass is 644 g/mol. The van der Waals surface area contributed by atoms with Crippen molar-refractivity contribution in [1.82, 2.24) is 25.8 Å². The second kappa shape index (κ2) is 15.3. The molecule has 1 aromatic heterocycles. The molecule has 0 bridgehead atoms. The minimum atomic E-state index is -1.30. The molecular weight excluding hydrogens is 592 g/mol. The smallest absolute Gasteiger partial charge is 0.315 e. The van der Waals surface area contributed by atoms with Crippen LogP contribution in [0.3, 0.4) is 0 Å². The molecule has 256 valence electrons. The summed E-state index contributed by atoms with van der Waals surface area (Å²) >= 11 is 0. The van der Waals surface area contributed by atoms with E-state index in [9.17, 15) is 29.1 Å². The van der Waals surface area contributed by atoms with Gasteiger partial charge in [-0.25, -0.2) is 9.78 Å². The summed E-state index contributed by atoms with van der Waals surface area (Å²) in [4.78, 5) is 70.7. The molecule has 13 nitrogen and oxygen atoms in total. The summed E-state index contributed by atoms with van der Waals surface area (Å²) in [5.74, 6) is -2.33. The molecule has 1 aromatic rings. The number of likely N-dealkylation sites (tertiary alicyclic amines) is 1. The molecule has 2 heterocycles. The fourth-order valence-electron chi connectivity index (χ4n) is 5.90. The standard InChI is InChI=1S/C33H52N6O7/c1-17(2)20-15-23(30(43)36-22(14-19-12-13-19)27(41)29(34)42)39(16-20)31(44)28(33(5,6)7)38-32(45)37-25(18(3)4)26(40)21-10-9-11-24(35-21)46-8/h9-11,17-20,22-23,25,28,31,44H,12-16H2,1-8H3,(H2,34,42)(H,36,43)(H2,37,38,45)/t20-,22?,23+,25+,28-,31?/m1/s1. The third-order valence-electron chi connectivity index (χ3n) is 9.04. The lowest BCUT2D eigenvalue weighted by Crippen LogP contribution is -2.63. The molecule has 1 aliphatic carbocycles. The fourth-order valence-corrected chi connectivity index (χ4v) is 5.90. The first-order chi connectivity index (χ1) is 21.4. The number of nitrogens with zero attached hydrogens (tertiary/aromatic N) is 2. The Bertz CT molecular complexity index is 1280. The van der Waals surface area contributed by atoms with Crippen molar-refractivity contribution in [2.75, 3.05) is 13.7 Å². The highest BCUT2D eigenvalue weighted by atomic mass is 16.5. The number of amides is 4. The minimum absolute atomic E-state index is 0.0480. The second-order valence-corrected chi connectivity index (χ2v) is 14.4. The van der Waals surface area contributed by atoms with Gasteiger partial charge in [-0.05, 0) is 48.0 Å². The number of carbonyl (C=O) groups is 5. The van der Waals surface area contributed by atoms with Gasteiger partial charge in [-0.15, -0.1) is 0 Å². The molecule has 1 aliphatic heterocycles. The molecule has 0 radical (unpaired) electrons. The van der Waals surface area contributed by atoms with Gasteiger partial charge >= 0.3 is 6.03 Å². The number of nitrogens with one attached hydrogen (secondary N) is 3. The summed E-state index contributed by atoms with van der Waals surface area (Å²) in [6.45, 7) is 13.6. The Balaban J connectivity index is 1.82. The Kier molecular flexibility index (Phi) is 12.3. The van der Waals surface area contributed by atoms with E-state index in [1.165, 1.54) is 7.11 Å². The van der Waals surface area contributed by atoms with E-state index >= 15 is 0 Å². The number of primary amides is 1. The topological polar surface area (TPSA) is 193 Å². The zero-order valence-corrected chi connectivity index (χ0v) is 28.3. The van der Waals surface area contributed by atoms with Crippen molar-refractivity contribution in [2.45, 2.75) is 105 Å². The van der Waals surface area contributed by atoms with Gasteiger partial charge in [0, 0.05) is 12.6 Å². The Hall–Kier alpha value is -3.58. The molecule has 6 N–H and O–H groups in total. The number of pyridine rings is 1. The number of urea groups is 1. The van der Waals surface area contributed by atoms with Gasteiger partial charge in [0.1, 0.15) is 11.9 Å². The molecule has 2 unspecified atom stereocenters. The second-order valence-electron chi connectivity index (χ2n) is 14.4. The van der Waals surface area contributed by atoms with Crippen LogP contribution in [-0.4, -0.2) is 88.5 Å². The Morgan fingerprint density at radius 2 is 1.72 bits per heavy atom. The van der Waals surface area contributed by atoms with E-state index in [-0.39, 0.29) is 41.0 Å². The summed E-state index contributed by atoms with van der Waals surface area (Å²) in [5.41, 5.74) is 4.74. The van der Waals surface area contributed by atoms with Crippen molar-refractivity contribution in [3.05, 3.63) is 23.9 Å². The SMILES string of the molecule is COc1cccc(C(=O)[C@@H](NC(=O)N[C@H](C(O)N2C[C@H](C(C)C)C[C@H]2C(=O)NC(CC2CC2)C(=O)C(N)=O)C(C)(C)C)C(C)C)n1. The number of carbonyl (C=O) groups excluding carboxylic acids is 5. The number of aliphatic hydroxyl groups is 1. The molecule has 0 spiro atoms. The fraction of sp³-hybridized carbons (Fsp3) is 0.697. The molecule has 6 atom stereocenters. The van der Waals surface area contributed by atoms with Crippen molar-refractivity contribution in [1.29, 1.82) is 0 Å². The van der Waals surface area contributed by atoms with Gasteiger partial charge in [-0.1, -0.05) is 67.4 Å². The first kappa shape index (κ1) is 36.9. The molecular formula is C33H52N6O7. The number of Topliss-reactive ketones (excluding diaryl/α,β-unsaturated/α-hetero) is 2. The number of aromatic nitrogens is 1. The van der Waals surface area contributed by atoms with Crippen LogP contribution in [-0.2, 0) is 14.4 Å². The average Bonchev–Trinajstić information content (AvgIpc) is 3.69. The van der Waals surface area contributed by atoms with Crippen LogP contribution in [0.15, 0.2) is 18.2 Å². The Morgan fingerprint density at radius 3 is 2.24 bits per heavy atom. The largest absolute Gasteiger partial charge is 0.481 e. The first-order valence-electron chi connectivity index (χ1n) is 16.1. The van der Waals surface area contributed by atoms with Crippen LogP contribution in [0.2, 0.25) is 0 Å². The van der Waals surface area contributed by atoms with Gasteiger partial charge in [0.2, 0.25) is 23.4 Å².